The molecule has 8 nitrogen and oxygen atoms in total. The summed E-state index contributed by atoms with van der Waals surface area (Å²) in [5, 5.41) is 30.5. The molecule has 1 atom stereocenters. The Hall–Kier alpha value is -3.42. The lowest BCUT2D eigenvalue weighted by Crippen LogP contribution is -2.44. The van der Waals surface area contributed by atoms with Gasteiger partial charge in [0.1, 0.15) is 6.04 Å². The summed E-state index contributed by atoms with van der Waals surface area (Å²) in [6.45, 7) is 0. The van der Waals surface area contributed by atoms with E-state index in [9.17, 15) is 24.3 Å². The van der Waals surface area contributed by atoms with Crippen LogP contribution in [0, 0.1) is 5.92 Å². The van der Waals surface area contributed by atoms with E-state index in [0.717, 1.165) is 5.39 Å². The number of benzene rings is 2. The summed E-state index contributed by atoms with van der Waals surface area (Å²) in [7, 11) is 0. The molecule has 0 unspecified atom stereocenters. The van der Waals surface area contributed by atoms with Gasteiger partial charge < -0.3 is 20.6 Å². The second-order valence-electron chi connectivity index (χ2n) is 5.36. The Bertz CT molecular complexity index is 827. The number of fused-ring (bicyclic) bond motifs is 1. The van der Waals surface area contributed by atoms with Crippen molar-refractivity contribution in [3.8, 4) is 0 Å². The zero-order valence-electron chi connectivity index (χ0n) is 12.9. The maximum atomic E-state index is 12.4. The van der Waals surface area contributed by atoms with Crippen molar-refractivity contribution in [2.45, 2.75) is 12.5 Å². The van der Waals surface area contributed by atoms with Crippen molar-refractivity contribution in [3.63, 3.8) is 0 Å². The topological polar surface area (TPSA) is 141 Å². The first kappa shape index (κ1) is 17.9. The summed E-state index contributed by atoms with van der Waals surface area (Å²) in [6.07, 6.45) is -0.767. The summed E-state index contributed by atoms with van der Waals surface area (Å²) in [5.74, 6) is -7.51. The lowest BCUT2D eigenvalue weighted by Gasteiger charge is -2.17. The number of carboxylic acid groups (broad SMARTS) is 3. The van der Waals surface area contributed by atoms with E-state index in [1.54, 1.807) is 36.4 Å². The van der Waals surface area contributed by atoms with Gasteiger partial charge in [0.25, 0.3) is 5.91 Å². The van der Waals surface area contributed by atoms with E-state index < -0.39 is 42.2 Å². The molecule has 0 aromatic heterocycles. The van der Waals surface area contributed by atoms with E-state index in [1.807, 2.05) is 0 Å². The van der Waals surface area contributed by atoms with Crippen molar-refractivity contribution >= 4 is 34.6 Å². The Morgan fingerprint density at radius 3 is 2.04 bits per heavy atom. The lowest BCUT2D eigenvalue weighted by molar-refractivity contribution is -0.155. The molecule has 2 rings (SSSR count). The molecule has 0 spiro atoms. The number of amides is 1. The van der Waals surface area contributed by atoms with Crippen LogP contribution in [0.3, 0.4) is 0 Å². The molecule has 0 aliphatic heterocycles. The van der Waals surface area contributed by atoms with Crippen molar-refractivity contribution < 1.29 is 34.5 Å². The van der Waals surface area contributed by atoms with Gasteiger partial charge in [-0.3, -0.25) is 14.4 Å². The third-order valence-corrected chi connectivity index (χ3v) is 3.71. The van der Waals surface area contributed by atoms with Gasteiger partial charge >= 0.3 is 17.9 Å². The fourth-order valence-corrected chi connectivity index (χ4v) is 2.42. The SMILES string of the molecule is O=C(N[C@@H](CC(C(=O)O)C(=O)O)C(=O)O)c1cccc2ccccc12. The fraction of sp³-hybridized carbons (Fsp3) is 0.176. The first-order chi connectivity index (χ1) is 11.8. The van der Waals surface area contributed by atoms with Gasteiger partial charge in [0.15, 0.2) is 5.92 Å². The zero-order valence-corrected chi connectivity index (χ0v) is 12.9. The number of rotatable bonds is 7. The lowest BCUT2D eigenvalue weighted by atomic mass is 9.99. The minimum atomic E-state index is -1.94. The summed E-state index contributed by atoms with van der Waals surface area (Å²) < 4.78 is 0. The molecule has 8 heteroatoms. The standard InChI is InChI=1S/C17H15NO7/c19-14(11-7-3-5-9-4-1-2-6-10(9)11)18-13(17(24)25)8-12(15(20)21)16(22)23/h1-7,12-13H,8H2,(H,18,19)(H,20,21)(H,22,23)(H,24,25)/t13-/m0/s1. The minimum absolute atomic E-state index is 0.214. The molecule has 2 aromatic carbocycles. The first-order valence-corrected chi connectivity index (χ1v) is 7.28. The van der Waals surface area contributed by atoms with Gasteiger partial charge in [-0.2, -0.15) is 0 Å². The van der Waals surface area contributed by atoms with Crippen molar-refractivity contribution in [1.82, 2.24) is 5.32 Å². The maximum absolute atomic E-state index is 12.4. The molecule has 4 N–H and O–H groups in total. The molecule has 2 aromatic rings. The van der Waals surface area contributed by atoms with Crippen molar-refractivity contribution in [2.24, 2.45) is 5.92 Å². The largest absolute Gasteiger partial charge is 0.481 e. The molecule has 0 aliphatic carbocycles. The van der Waals surface area contributed by atoms with Gasteiger partial charge in [0.2, 0.25) is 0 Å². The number of carboxylic acids is 3. The van der Waals surface area contributed by atoms with Gasteiger partial charge in [-0.25, -0.2) is 4.79 Å². The smallest absolute Gasteiger partial charge is 0.326 e. The molecule has 0 radical (unpaired) electrons. The highest BCUT2D eigenvalue weighted by Crippen LogP contribution is 2.19. The molecule has 0 aliphatic rings. The molecular weight excluding hydrogens is 330 g/mol. The average Bonchev–Trinajstić information content (AvgIpc) is 2.56. The van der Waals surface area contributed by atoms with E-state index in [-0.39, 0.29) is 5.56 Å². The van der Waals surface area contributed by atoms with Gasteiger partial charge in [-0.1, -0.05) is 36.4 Å². The van der Waals surface area contributed by atoms with E-state index in [0.29, 0.717) is 5.39 Å². The second-order valence-corrected chi connectivity index (χ2v) is 5.36. The second kappa shape index (κ2) is 7.43. The summed E-state index contributed by atoms with van der Waals surface area (Å²) >= 11 is 0. The molecule has 0 fully saturated rings. The van der Waals surface area contributed by atoms with Crippen molar-refractivity contribution in [1.29, 1.82) is 0 Å². The van der Waals surface area contributed by atoms with Gasteiger partial charge in [0.05, 0.1) is 0 Å². The van der Waals surface area contributed by atoms with Crippen LogP contribution in [0.5, 0.6) is 0 Å². The number of nitrogens with one attached hydrogen (secondary N) is 1. The van der Waals surface area contributed by atoms with Crippen LogP contribution < -0.4 is 5.32 Å². The molecule has 1 amide bonds. The van der Waals surface area contributed by atoms with Crippen LogP contribution >= 0.6 is 0 Å². The molecule has 0 heterocycles. The Morgan fingerprint density at radius 2 is 1.44 bits per heavy atom. The van der Waals surface area contributed by atoms with Crippen molar-refractivity contribution in [3.05, 3.63) is 48.0 Å². The van der Waals surface area contributed by atoms with E-state index in [2.05, 4.69) is 5.32 Å². The predicted octanol–water partition coefficient (Wildman–Crippen LogP) is 1.20. The minimum Gasteiger partial charge on any atom is -0.481 e. The summed E-state index contributed by atoms with van der Waals surface area (Å²) in [6, 6.07) is 10.2. The van der Waals surface area contributed by atoms with Crippen LogP contribution in [0.1, 0.15) is 16.8 Å². The van der Waals surface area contributed by atoms with E-state index in [4.69, 9.17) is 10.2 Å². The summed E-state index contributed by atoms with van der Waals surface area (Å²) in [4.78, 5) is 45.6. The molecular formula is C17H15NO7. The van der Waals surface area contributed by atoms with Crippen LogP contribution in [0.25, 0.3) is 10.8 Å². The maximum Gasteiger partial charge on any atom is 0.326 e. The monoisotopic (exact) mass is 345 g/mol. The highest BCUT2D eigenvalue weighted by atomic mass is 16.4. The molecule has 0 saturated carbocycles. The summed E-state index contributed by atoms with van der Waals surface area (Å²) in [5.41, 5.74) is 0.214. The third kappa shape index (κ3) is 4.11. The molecule has 25 heavy (non-hydrogen) atoms. The number of aliphatic carboxylic acids is 3. The van der Waals surface area contributed by atoms with E-state index >= 15 is 0 Å². The molecule has 0 saturated heterocycles. The Kier molecular flexibility index (Phi) is 5.33. The van der Waals surface area contributed by atoms with Gasteiger partial charge in [-0.05, 0) is 16.8 Å². The highest BCUT2D eigenvalue weighted by molar-refractivity contribution is 6.08. The van der Waals surface area contributed by atoms with Crippen LogP contribution in [-0.2, 0) is 14.4 Å². The number of carbonyl (C=O) groups is 4. The third-order valence-electron chi connectivity index (χ3n) is 3.71. The number of carbonyl (C=O) groups excluding carboxylic acids is 1. The van der Waals surface area contributed by atoms with Crippen LogP contribution in [0.4, 0.5) is 0 Å². The quantitative estimate of drug-likeness (QED) is 0.552. The normalized spacial score (nSPS) is 11.9. The van der Waals surface area contributed by atoms with Crippen LogP contribution in [0.15, 0.2) is 42.5 Å². The fourth-order valence-electron chi connectivity index (χ4n) is 2.42. The Balaban J connectivity index is 2.27. The molecule has 0 bridgehead atoms. The first-order valence-electron chi connectivity index (χ1n) is 7.28. The number of hydrogen-bond acceptors (Lipinski definition) is 4. The predicted molar refractivity (Wildman–Crippen MR) is 86.2 cm³/mol. The molecule has 130 valence electrons. The van der Waals surface area contributed by atoms with Gasteiger partial charge in [-0.15, -0.1) is 0 Å². The van der Waals surface area contributed by atoms with E-state index in [1.165, 1.54) is 6.07 Å². The Morgan fingerprint density at radius 1 is 0.840 bits per heavy atom. The number of hydrogen-bond donors (Lipinski definition) is 4. The van der Waals surface area contributed by atoms with Gasteiger partial charge in [0, 0.05) is 12.0 Å². The van der Waals surface area contributed by atoms with Crippen LogP contribution in [-0.4, -0.2) is 45.2 Å². The van der Waals surface area contributed by atoms with Crippen molar-refractivity contribution in [2.75, 3.05) is 0 Å². The zero-order chi connectivity index (χ0) is 18.6. The Labute approximate surface area is 141 Å². The highest BCUT2D eigenvalue weighted by Gasteiger charge is 2.33. The average molecular weight is 345 g/mol. The van der Waals surface area contributed by atoms with Crippen LogP contribution in [0.2, 0.25) is 0 Å².